The van der Waals surface area contributed by atoms with Crippen LogP contribution in [0.3, 0.4) is 0 Å². The Hall–Kier alpha value is -2.37. The molecule has 20 heavy (non-hydrogen) atoms. The van der Waals surface area contributed by atoms with Crippen molar-refractivity contribution in [2.24, 2.45) is 0 Å². The van der Waals surface area contributed by atoms with Crippen LogP contribution in [0.1, 0.15) is 26.0 Å². The fourth-order valence-corrected chi connectivity index (χ4v) is 1.37. The van der Waals surface area contributed by atoms with Crippen LogP contribution in [-0.4, -0.2) is 34.6 Å². The zero-order valence-electron chi connectivity index (χ0n) is 11.5. The van der Waals surface area contributed by atoms with E-state index in [1.807, 2.05) is 6.92 Å². The number of amides is 1. The molecular formula is C14H18N2O4. The van der Waals surface area contributed by atoms with Crippen molar-refractivity contribution in [1.82, 2.24) is 10.3 Å². The van der Waals surface area contributed by atoms with Gasteiger partial charge in [-0.15, -0.1) is 0 Å². The summed E-state index contributed by atoms with van der Waals surface area (Å²) in [4.78, 5) is 26.0. The number of aromatic nitrogens is 1. The van der Waals surface area contributed by atoms with E-state index in [0.717, 1.165) is 12.5 Å². The van der Waals surface area contributed by atoms with E-state index >= 15 is 0 Å². The molecule has 0 saturated heterocycles. The molecule has 0 spiro atoms. The number of ether oxygens (including phenoxy) is 1. The summed E-state index contributed by atoms with van der Waals surface area (Å²) in [6.07, 6.45) is 4.09. The molecule has 6 heteroatoms. The Morgan fingerprint density at radius 1 is 1.50 bits per heavy atom. The first-order valence-electron chi connectivity index (χ1n) is 6.34. The van der Waals surface area contributed by atoms with Crippen molar-refractivity contribution in [3.63, 3.8) is 0 Å². The highest BCUT2D eigenvalue weighted by molar-refractivity contribution is 5.84. The van der Waals surface area contributed by atoms with E-state index in [0.29, 0.717) is 18.0 Å². The molecule has 0 aliphatic carbocycles. The molecule has 0 bridgehead atoms. The van der Waals surface area contributed by atoms with Crippen LogP contribution in [0.2, 0.25) is 0 Å². The Kier molecular flexibility index (Phi) is 6.22. The smallest absolute Gasteiger partial charge is 0.328 e. The topological polar surface area (TPSA) is 88.5 Å². The number of hydrogen-bond acceptors (Lipinski definition) is 4. The van der Waals surface area contributed by atoms with Crippen LogP contribution in [0.25, 0.3) is 6.08 Å². The number of carbonyl (C=O) groups is 2. The molecule has 1 aromatic heterocycles. The number of carboxylic acid groups (broad SMARTS) is 1. The first-order chi connectivity index (χ1) is 9.52. The Morgan fingerprint density at radius 3 is 2.80 bits per heavy atom. The predicted molar refractivity (Wildman–Crippen MR) is 74.3 cm³/mol. The van der Waals surface area contributed by atoms with Crippen molar-refractivity contribution < 1.29 is 19.4 Å². The van der Waals surface area contributed by atoms with Crippen LogP contribution >= 0.6 is 0 Å². The van der Waals surface area contributed by atoms with Gasteiger partial charge in [0.25, 0.3) is 5.91 Å². The lowest BCUT2D eigenvalue weighted by Gasteiger charge is -2.14. The lowest BCUT2D eigenvalue weighted by atomic mass is 10.3. The van der Waals surface area contributed by atoms with E-state index < -0.39 is 12.1 Å². The number of carbonyl (C=O) groups excluding carboxylic acids is 1. The van der Waals surface area contributed by atoms with E-state index in [1.165, 1.54) is 12.3 Å². The second-order valence-electron chi connectivity index (χ2n) is 4.14. The lowest BCUT2D eigenvalue weighted by molar-refractivity contribution is -0.131. The van der Waals surface area contributed by atoms with Crippen molar-refractivity contribution in [3.8, 4) is 5.75 Å². The van der Waals surface area contributed by atoms with E-state index in [-0.39, 0.29) is 5.91 Å². The van der Waals surface area contributed by atoms with Gasteiger partial charge in [0.15, 0.2) is 6.10 Å². The van der Waals surface area contributed by atoms with Crippen LogP contribution in [-0.2, 0) is 9.59 Å². The largest absolute Gasteiger partial charge is 0.479 e. The maximum atomic E-state index is 11.6. The van der Waals surface area contributed by atoms with Gasteiger partial charge in [0, 0.05) is 12.6 Å². The summed E-state index contributed by atoms with van der Waals surface area (Å²) in [5.74, 6) is -0.758. The van der Waals surface area contributed by atoms with Crippen molar-refractivity contribution in [3.05, 3.63) is 30.1 Å². The Morgan fingerprint density at radius 2 is 2.25 bits per heavy atom. The van der Waals surface area contributed by atoms with Gasteiger partial charge in [-0.25, -0.2) is 4.79 Å². The zero-order valence-corrected chi connectivity index (χ0v) is 11.5. The zero-order chi connectivity index (χ0) is 15.0. The van der Waals surface area contributed by atoms with E-state index in [4.69, 9.17) is 9.84 Å². The molecule has 1 heterocycles. The van der Waals surface area contributed by atoms with Crippen LogP contribution < -0.4 is 10.1 Å². The molecule has 0 aliphatic heterocycles. The fourth-order valence-electron chi connectivity index (χ4n) is 1.37. The van der Waals surface area contributed by atoms with Crippen LogP contribution in [0, 0.1) is 0 Å². The van der Waals surface area contributed by atoms with Crippen molar-refractivity contribution in [1.29, 1.82) is 0 Å². The molecule has 0 fully saturated rings. The molecule has 0 saturated carbocycles. The average Bonchev–Trinajstić information content (AvgIpc) is 2.43. The van der Waals surface area contributed by atoms with E-state index in [2.05, 4.69) is 10.3 Å². The van der Waals surface area contributed by atoms with Gasteiger partial charge in [-0.05, 0) is 31.6 Å². The predicted octanol–water partition coefficient (Wildman–Crippen LogP) is 1.47. The number of pyridine rings is 1. The molecule has 6 nitrogen and oxygen atoms in total. The number of hydrogen-bond donors (Lipinski definition) is 2. The SMILES string of the molecule is CCCNC(=O)C(C)Oc1ccc(C=CC(=O)O)nc1. The summed E-state index contributed by atoms with van der Waals surface area (Å²) >= 11 is 0. The number of rotatable bonds is 7. The van der Waals surface area contributed by atoms with Gasteiger partial charge in [-0.3, -0.25) is 9.78 Å². The van der Waals surface area contributed by atoms with Crippen molar-refractivity contribution >= 4 is 18.0 Å². The van der Waals surface area contributed by atoms with Gasteiger partial charge in [-0.2, -0.15) is 0 Å². The third kappa shape index (κ3) is 5.51. The summed E-state index contributed by atoms with van der Waals surface area (Å²) in [5.41, 5.74) is 0.503. The van der Waals surface area contributed by atoms with Crippen LogP contribution in [0.15, 0.2) is 24.4 Å². The number of nitrogens with one attached hydrogen (secondary N) is 1. The lowest BCUT2D eigenvalue weighted by Crippen LogP contribution is -2.36. The minimum atomic E-state index is -1.03. The number of nitrogens with zero attached hydrogens (tertiary/aromatic N) is 1. The van der Waals surface area contributed by atoms with Gasteiger partial charge in [0.05, 0.1) is 11.9 Å². The number of aliphatic carboxylic acids is 1. The second-order valence-corrected chi connectivity index (χ2v) is 4.14. The maximum Gasteiger partial charge on any atom is 0.328 e. The Labute approximate surface area is 117 Å². The molecule has 0 aliphatic rings. The third-order valence-electron chi connectivity index (χ3n) is 2.39. The quantitative estimate of drug-likeness (QED) is 0.737. The second kappa shape index (κ2) is 7.93. The Bertz CT molecular complexity index is 482. The molecule has 1 amide bonds. The monoisotopic (exact) mass is 278 g/mol. The number of carboxylic acids is 1. The normalized spacial score (nSPS) is 12.1. The standard InChI is InChI=1S/C14H18N2O4/c1-3-8-15-14(19)10(2)20-12-6-4-11(16-9-12)5-7-13(17)18/h4-7,9-10H,3,8H2,1-2H3,(H,15,19)(H,17,18). The molecule has 0 radical (unpaired) electrons. The third-order valence-corrected chi connectivity index (χ3v) is 2.39. The van der Waals surface area contributed by atoms with Crippen LogP contribution in [0.5, 0.6) is 5.75 Å². The molecule has 1 unspecified atom stereocenters. The molecular weight excluding hydrogens is 260 g/mol. The van der Waals surface area contributed by atoms with Gasteiger partial charge >= 0.3 is 5.97 Å². The highest BCUT2D eigenvalue weighted by Crippen LogP contribution is 2.12. The van der Waals surface area contributed by atoms with Gasteiger partial charge in [0.1, 0.15) is 5.75 Å². The molecule has 1 aromatic rings. The van der Waals surface area contributed by atoms with E-state index in [1.54, 1.807) is 19.1 Å². The fraction of sp³-hybridized carbons (Fsp3) is 0.357. The van der Waals surface area contributed by atoms with Gasteiger partial charge in [-0.1, -0.05) is 6.92 Å². The maximum absolute atomic E-state index is 11.6. The highest BCUT2D eigenvalue weighted by Gasteiger charge is 2.13. The van der Waals surface area contributed by atoms with E-state index in [9.17, 15) is 9.59 Å². The highest BCUT2D eigenvalue weighted by atomic mass is 16.5. The molecule has 2 N–H and O–H groups in total. The van der Waals surface area contributed by atoms with Crippen molar-refractivity contribution in [2.45, 2.75) is 26.4 Å². The van der Waals surface area contributed by atoms with Crippen molar-refractivity contribution in [2.75, 3.05) is 6.54 Å². The molecule has 108 valence electrons. The summed E-state index contributed by atoms with van der Waals surface area (Å²) in [5, 5.41) is 11.2. The first kappa shape index (κ1) is 15.7. The summed E-state index contributed by atoms with van der Waals surface area (Å²) in [6.45, 7) is 4.24. The first-order valence-corrected chi connectivity index (χ1v) is 6.34. The molecule has 1 rings (SSSR count). The summed E-state index contributed by atoms with van der Waals surface area (Å²) in [7, 11) is 0. The molecule has 1 atom stereocenters. The minimum absolute atomic E-state index is 0.179. The average molecular weight is 278 g/mol. The summed E-state index contributed by atoms with van der Waals surface area (Å²) in [6, 6.07) is 3.25. The van der Waals surface area contributed by atoms with Gasteiger partial charge < -0.3 is 15.2 Å². The minimum Gasteiger partial charge on any atom is -0.479 e. The summed E-state index contributed by atoms with van der Waals surface area (Å²) < 4.78 is 5.44. The Balaban J connectivity index is 2.56. The van der Waals surface area contributed by atoms with Crippen LogP contribution in [0.4, 0.5) is 0 Å². The molecule has 0 aromatic carbocycles. The van der Waals surface area contributed by atoms with Gasteiger partial charge in [0.2, 0.25) is 0 Å².